The molecule has 0 aliphatic carbocycles. The summed E-state index contributed by atoms with van der Waals surface area (Å²) in [5.74, 6) is 0.923. The van der Waals surface area contributed by atoms with Crippen LogP contribution in [0.25, 0.3) is 32.0 Å². The molecule has 0 fully saturated rings. The Bertz CT molecular complexity index is 1320. The van der Waals surface area contributed by atoms with Crippen LogP contribution < -0.4 is 11.1 Å². The van der Waals surface area contributed by atoms with Crippen molar-refractivity contribution in [3.8, 4) is 21.8 Å². The molecule has 3 N–H and O–H groups in total. The predicted octanol–water partition coefficient (Wildman–Crippen LogP) is 4.51. The number of carbonyl (C=O) groups is 1. The monoisotopic (exact) mass is 432 g/mol. The van der Waals surface area contributed by atoms with Gasteiger partial charge in [0, 0.05) is 17.1 Å². The normalized spacial score (nSPS) is 11.1. The van der Waals surface area contributed by atoms with Gasteiger partial charge >= 0.3 is 0 Å². The maximum absolute atomic E-state index is 11.2. The Labute approximate surface area is 179 Å². The zero-order valence-electron chi connectivity index (χ0n) is 15.6. The van der Waals surface area contributed by atoms with Gasteiger partial charge in [0.2, 0.25) is 5.91 Å². The predicted molar refractivity (Wildman–Crippen MR) is 121 cm³/mol. The molecule has 148 valence electrons. The number of hydrogen-bond acceptors (Lipinski definition) is 7. The Morgan fingerprint density at radius 2 is 1.97 bits per heavy atom. The molecule has 7 nitrogen and oxygen atoms in total. The smallest absolute Gasteiger partial charge is 0.239 e. The molecule has 0 unspecified atom stereocenters. The highest BCUT2D eigenvalue weighted by Crippen LogP contribution is 2.39. The molecule has 0 spiro atoms. The average Bonchev–Trinajstić information content (AvgIpc) is 3.49. The van der Waals surface area contributed by atoms with Gasteiger partial charge in [-0.25, -0.2) is 9.97 Å². The summed E-state index contributed by atoms with van der Waals surface area (Å²) in [6, 6.07) is 14.2. The summed E-state index contributed by atoms with van der Waals surface area (Å²) in [7, 11) is 0. The van der Waals surface area contributed by atoms with E-state index in [1.165, 1.54) is 4.68 Å². The Kier molecular flexibility index (Phi) is 4.74. The van der Waals surface area contributed by atoms with Crippen LogP contribution in [0.5, 0.6) is 0 Å². The van der Waals surface area contributed by atoms with Crippen molar-refractivity contribution in [1.82, 2.24) is 19.7 Å². The second-order valence-corrected chi connectivity index (χ2v) is 8.39. The fraction of sp³-hybridized carbons (Fsp3) is 0.0476. The molecule has 1 aromatic carbocycles. The van der Waals surface area contributed by atoms with E-state index >= 15 is 0 Å². The molecular weight excluding hydrogens is 416 g/mol. The number of fused-ring (bicyclic) bond motifs is 1. The maximum atomic E-state index is 11.2. The number of nitrogens with one attached hydrogen (secondary N) is 1. The molecule has 30 heavy (non-hydrogen) atoms. The van der Waals surface area contributed by atoms with Crippen LogP contribution in [0.4, 0.5) is 11.5 Å². The van der Waals surface area contributed by atoms with Crippen LogP contribution in [0.1, 0.15) is 0 Å². The Morgan fingerprint density at radius 1 is 1.10 bits per heavy atom. The third kappa shape index (κ3) is 3.56. The summed E-state index contributed by atoms with van der Waals surface area (Å²) in [6.45, 7) is 0.0228. The van der Waals surface area contributed by atoms with Crippen LogP contribution in [-0.4, -0.2) is 25.7 Å². The van der Waals surface area contributed by atoms with Crippen LogP contribution in [-0.2, 0) is 11.3 Å². The van der Waals surface area contributed by atoms with Crippen molar-refractivity contribution in [2.24, 2.45) is 5.73 Å². The van der Waals surface area contributed by atoms with E-state index in [-0.39, 0.29) is 6.54 Å². The number of aromatic nitrogens is 4. The highest BCUT2D eigenvalue weighted by atomic mass is 32.1. The third-order valence-corrected chi connectivity index (χ3v) is 6.21. The fourth-order valence-corrected chi connectivity index (χ4v) is 4.79. The number of amides is 1. The molecule has 5 aromatic rings. The lowest BCUT2D eigenvalue weighted by molar-refractivity contribution is -0.118. The first-order valence-corrected chi connectivity index (χ1v) is 10.9. The number of carbonyl (C=O) groups excluding carboxylic acids is 1. The molecule has 0 aliphatic rings. The van der Waals surface area contributed by atoms with Crippen LogP contribution >= 0.6 is 22.7 Å². The van der Waals surface area contributed by atoms with E-state index in [0.29, 0.717) is 11.6 Å². The van der Waals surface area contributed by atoms with Gasteiger partial charge in [0.25, 0.3) is 0 Å². The molecule has 1 amide bonds. The van der Waals surface area contributed by atoms with Crippen molar-refractivity contribution in [2.75, 3.05) is 5.32 Å². The lowest BCUT2D eigenvalue weighted by Crippen LogP contribution is -2.18. The van der Waals surface area contributed by atoms with Crippen molar-refractivity contribution < 1.29 is 4.79 Å². The number of nitrogens with two attached hydrogens (primary N) is 1. The molecule has 4 aromatic heterocycles. The Hall–Kier alpha value is -3.56. The van der Waals surface area contributed by atoms with Crippen molar-refractivity contribution in [3.63, 3.8) is 0 Å². The molecule has 0 bridgehead atoms. The summed E-state index contributed by atoms with van der Waals surface area (Å²) in [5.41, 5.74) is 8.16. The van der Waals surface area contributed by atoms with Gasteiger partial charge in [-0.1, -0.05) is 36.4 Å². The maximum Gasteiger partial charge on any atom is 0.239 e. The number of thiophene rings is 2. The van der Waals surface area contributed by atoms with Gasteiger partial charge in [-0.15, -0.1) is 22.7 Å². The van der Waals surface area contributed by atoms with E-state index in [0.717, 1.165) is 31.9 Å². The molecule has 0 atom stereocenters. The fourth-order valence-electron chi connectivity index (χ4n) is 3.19. The van der Waals surface area contributed by atoms with Gasteiger partial charge in [-0.2, -0.15) is 5.10 Å². The number of nitrogens with zero attached hydrogens (tertiary/aromatic N) is 4. The van der Waals surface area contributed by atoms with E-state index in [1.807, 2.05) is 35.7 Å². The average molecular weight is 433 g/mol. The number of primary amides is 1. The summed E-state index contributed by atoms with van der Waals surface area (Å²) >= 11 is 3.19. The van der Waals surface area contributed by atoms with Crippen molar-refractivity contribution in [1.29, 1.82) is 0 Å². The van der Waals surface area contributed by atoms with Crippen LogP contribution in [0.2, 0.25) is 0 Å². The number of benzene rings is 1. The number of hydrogen-bond donors (Lipinski definition) is 2. The molecule has 0 aliphatic heterocycles. The van der Waals surface area contributed by atoms with E-state index in [4.69, 9.17) is 15.7 Å². The first-order valence-electron chi connectivity index (χ1n) is 9.14. The van der Waals surface area contributed by atoms with Gasteiger partial charge in [-0.05, 0) is 17.0 Å². The van der Waals surface area contributed by atoms with Crippen LogP contribution in [0.15, 0.2) is 65.6 Å². The lowest BCUT2D eigenvalue weighted by Gasteiger charge is -2.09. The largest absolute Gasteiger partial charge is 0.368 e. The highest BCUT2D eigenvalue weighted by molar-refractivity contribution is 7.17. The van der Waals surface area contributed by atoms with Gasteiger partial charge in [0.1, 0.15) is 17.2 Å². The molecule has 0 saturated carbocycles. The summed E-state index contributed by atoms with van der Waals surface area (Å²) < 4.78 is 1.50. The lowest BCUT2D eigenvalue weighted by atomic mass is 10.1. The van der Waals surface area contributed by atoms with E-state index < -0.39 is 5.91 Å². The summed E-state index contributed by atoms with van der Waals surface area (Å²) in [4.78, 5) is 22.7. The van der Waals surface area contributed by atoms with E-state index in [9.17, 15) is 4.79 Å². The molecule has 5 rings (SSSR count). The number of anilines is 2. The minimum Gasteiger partial charge on any atom is -0.368 e. The van der Waals surface area contributed by atoms with E-state index in [2.05, 4.69) is 27.9 Å². The zero-order chi connectivity index (χ0) is 20.5. The van der Waals surface area contributed by atoms with Crippen molar-refractivity contribution in [3.05, 3.63) is 65.6 Å². The zero-order valence-corrected chi connectivity index (χ0v) is 17.3. The quantitative estimate of drug-likeness (QED) is 0.411. The van der Waals surface area contributed by atoms with Crippen LogP contribution in [0, 0.1) is 0 Å². The summed E-state index contributed by atoms with van der Waals surface area (Å²) in [5, 5.41) is 12.6. The standard InChI is InChI=1S/C21H16N6OS2/c22-17(28)11-27-10-14(9-23-27)24-20-18-15(13-5-2-1-3-6-13)12-30-21(18)26-19(25-20)16-7-4-8-29-16/h1-10,12H,11H2,(H2,22,28)(H,24,25,26). The van der Waals surface area contributed by atoms with Gasteiger partial charge in [0.05, 0.1) is 22.1 Å². The minimum atomic E-state index is -0.446. The second kappa shape index (κ2) is 7.69. The molecule has 4 heterocycles. The van der Waals surface area contributed by atoms with Crippen molar-refractivity contribution >= 4 is 50.3 Å². The SMILES string of the molecule is NC(=O)Cn1cc(Nc2nc(-c3cccs3)nc3scc(-c4ccccc4)c23)cn1. The second-order valence-electron chi connectivity index (χ2n) is 6.59. The molecule has 0 saturated heterocycles. The third-order valence-electron chi connectivity index (χ3n) is 4.47. The topological polar surface area (TPSA) is 98.7 Å². The first kappa shape index (κ1) is 18.5. The molecule has 9 heteroatoms. The van der Waals surface area contributed by atoms with Gasteiger partial charge in [-0.3, -0.25) is 9.48 Å². The minimum absolute atomic E-state index is 0.0228. The van der Waals surface area contributed by atoms with Gasteiger partial charge < -0.3 is 11.1 Å². The molecular formula is C21H16N6OS2. The highest BCUT2D eigenvalue weighted by Gasteiger charge is 2.17. The van der Waals surface area contributed by atoms with Crippen LogP contribution in [0.3, 0.4) is 0 Å². The van der Waals surface area contributed by atoms with Gasteiger partial charge in [0.15, 0.2) is 5.82 Å². The van der Waals surface area contributed by atoms with Crippen molar-refractivity contribution in [2.45, 2.75) is 6.54 Å². The first-order chi connectivity index (χ1) is 14.7. The summed E-state index contributed by atoms with van der Waals surface area (Å²) in [6.07, 6.45) is 3.38. The van der Waals surface area contributed by atoms with E-state index in [1.54, 1.807) is 35.1 Å². The Morgan fingerprint density at radius 3 is 2.73 bits per heavy atom. The number of rotatable bonds is 6. The Balaban J connectivity index is 1.64. The molecule has 0 radical (unpaired) electrons.